The van der Waals surface area contributed by atoms with E-state index in [2.05, 4.69) is 0 Å². The Morgan fingerprint density at radius 1 is 1.06 bits per heavy atom. The van der Waals surface area contributed by atoms with E-state index in [0.29, 0.717) is 12.5 Å². The van der Waals surface area contributed by atoms with Crippen LogP contribution in [0.2, 0.25) is 0 Å². The van der Waals surface area contributed by atoms with Gasteiger partial charge in [0, 0.05) is 18.5 Å². The number of sulfone groups is 1. The van der Waals surface area contributed by atoms with Crippen LogP contribution >= 0.6 is 0 Å². The van der Waals surface area contributed by atoms with Gasteiger partial charge in [0.15, 0.2) is 15.9 Å². The fraction of sp³-hybridized carbons (Fsp3) is 0.350. The van der Waals surface area contributed by atoms with Gasteiger partial charge in [-0.25, -0.2) is 8.42 Å². The Morgan fingerprint density at radius 3 is 2.28 bits per heavy atom. The van der Waals surface area contributed by atoms with Crippen molar-refractivity contribution in [2.75, 3.05) is 17.7 Å². The van der Waals surface area contributed by atoms with Gasteiger partial charge < -0.3 is 9.64 Å². The number of alkyl halides is 6. The molecule has 0 aliphatic carbocycles. The zero-order valence-corrected chi connectivity index (χ0v) is 17.5. The highest BCUT2D eigenvalue weighted by Crippen LogP contribution is 2.38. The molecule has 1 heterocycles. The van der Waals surface area contributed by atoms with Gasteiger partial charge in [-0.1, -0.05) is 6.07 Å². The molecule has 1 amide bonds. The van der Waals surface area contributed by atoms with E-state index >= 15 is 0 Å². The van der Waals surface area contributed by atoms with E-state index in [1.165, 1.54) is 6.07 Å². The number of anilines is 1. The Hall–Kier alpha value is -2.76. The average Bonchev–Trinajstić information content (AvgIpc) is 3.08. The van der Waals surface area contributed by atoms with Crippen molar-refractivity contribution >= 4 is 21.4 Å². The fourth-order valence-electron chi connectivity index (χ4n) is 3.18. The maximum Gasteiger partial charge on any atom is 0.425 e. The Kier molecular flexibility index (Phi) is 5.96. The van der Waals surface area contributed by atoms with Crippen molar-refractivity contribution in [3.05, 3.63) is 53.1 Å². The second-order valence-electron chi connectivity index (χ2n) is 7.28. The zero-order chi connectivity index (χ0) is 24.1. The van der Waals surface area contributed by atoms with Gasteiger partial charge in [-0.2, -0.15) is 26.3 Å². The summed E-state index contributed by atoms with van der Waals surface area (Å²) in [5, 5.41) is 0. The second-order valence-corrected chi connectivity index (χ2v) is 9.30. The first-order chi connectivity index (χ1) is 14.6. The summed E-state index contributed by atoms with van der Waals surface area (Å²) in [6.45, 7) is 0.673. The molecule has 1 atom stereocenters. The minimum absolute atomic E-state index is 0.0349. The molecule has 0 fully saturated rings. The first-order valence-electron chi connectivity index (χ1n) is 9.18. The molecule has 0 bridgehead atoms. The van der Waals surface area contributed by atoms with Crippen LogP contribution in [0.4, 0.5) is 32.0 Å². The molecule has 2 aromatic carbocycles. The Labute approximate surface area is 179 Å². The number of nitrogens with zero attached hydrogens (tertiary/aromatic N) is 1. The van der Waals surface area contributed by atoms with Gasteiger partial charge in [-0.3, -0.25) is 4.79 Å². The van der Waals surface area contributed by atoms with Crippen molar-refractivity contribution in [1.82, 2.24) is 0 Å². The van der Waals surface area contributed by atoms with Gasteiger partial charge in [0.1, 0.15) is 5.75 Å². The summed E-state index contributed by atoms with van der Waals surface area (Å²) in [5.74, 6) is -1.51. The summed E-state index contributed by atoms with van der Waals surface area (Å²) in [6.07, 6.45) is -10.7. The van der Waals surface area contributed by atoms with E-state index in [9.17, 15) is 39.6 Å². The van der Waals surface area contributed by atoms with Crippen LogP contribution in [0.3, 0.4) is 0 Å². The average molecular weight is 481 g/mol. The lowest BCUT2D eigenvalue weighted by Crippen LogP contribution is -2.33. The third-order valence-electron chi connectivity index (χ3n) is 4.93. The van der Waals surface area contributed by atoms with Gasteiger partial charge in [0.25, 0.3) is 5.91 Å². The lowest BCUT2D eigenvalue weighted by Gasteiger charge is -2.23. The normalized spacial score (nSPS) is 15.4. The minimum Gasteiger partial charge on any atom is -0.480 e. The van der Waals surface area contributed by atoms with Crippen LogP contribution < -0.4 is 9.64 Å². The Bertz CT molecular complexity index is 1160. The predicted molar refractivity (Wildman–Crippen MR) is 103 cm³/mol. The van der Waals surface area contributed by atoms with Crippen LogP contribution in [0, 0.1) is 0 Å². The van der Waals surface area contributed by atoms with E-state index in [4.69, 9.17) is 4.74 Å². The smallest absolute Gasteiger partial charge is 0.425 e. The first kappa shape index (κ1) is 23.9. The summed E-state index contributed by atoms with van der Waals surface area (Å²) >= 11 is 0. The van der Waals surface area contributed by atoms with E-state index in [1.54, 1.807) is 0 Å². The SMILES string of the molecule is C[C@H](Oc1ccc(S(C)(=O)=O)cc1C(=O)N1CCc2ccc(C(F)(F)F)cc21)C(F)(F)F. The molecule has 0 spiro atoms. The highest BCUT2D eigenvalue weighted by Gasteiger charge is 2.39. The summed E-state index contributed by atoms with van der Waals surface area (Å²) in [5.41, 5.74) is -1.11. The van der Waals surface area contributed by atoms with Crippen molar-refractivity contribution in [3.8, 4) is 5.75 Å². The molecule has 0 N–H and O–H groups in total. The van der Waals surface area contributed by atoms with Crippen molar-refractivity contribution in [1.29, 1.82) is 0 Å². The molecule has 1 aliphatic heterocycles. The number of carbonyl (C=O) groups is 1. The number of amides is 1. The van der Waals surface area contributed by atoms with Crippen LogP contribution in [-0.4, -0.2) is 39.4 Å². The Balaban J connectivity index is 2.08. The van der Waals surface area contributed by atoms with Gasteiger partial charge >= 0.3 is 12.4 Å². The molecule has 3 rings (SSSR count). The second kappa shape index (κ2) is 7.98. The van der Waals surface area contributed by atoms with Gasteiger partial charge in [-0.05, 0) is 49.2 Å². The van der Waals surface area contributed by atoms with Crippen LogP contribution in [0.1, 0.15) is 28.4 Å². The highest BCUT2D eigenvalue weighted by atomic mass is 32.2. The van der Waals surface area contributed by atoms with Gasteiger partial charge in [-0.15, -0.1) is 0 Å². The lowest BCUT2D eigenvalue weighted by molar-refractivity contribution is -0.189. The van der Waals surface area contributed by atoms with Crippen LogP contribution in [0.25, 0.3) is 0 Å². The molecule has 0 aromatic heterocycles. The van der Waals surface area contributed by atoms with E-state index in [-0.39, 0.29) is 23.5 Å². The molecule has 0 radical (unpaired) electrons. The monoisotopic (exact) mass is 481 g/mol. The van der Waals surface area contributed by atoms with E-state index in [1.807, 2.05) is 0 Å². The predicted octanol–water partition coefficient (Wildman–Crippen LogP) is 4.64. The van der Waals surface area contributed by atoms with Crippen molar-refractivity contribution in [3.63, 3.8) is 0 Å². The number of hydrogen-bond acceptors (Lipinski definition) is 4. The quantitative estimate of drug-likeness (QED) is 0.597. The molecule has 174 valence electrons. The number of ether oxygens (including phenoxy) is 1. The highest BCUT2D eigenvalue weighted by molar-refractivity contribution is 7.90. The molecule has 32 heavy (non-hydrogen) atoms. The van der Waals surface area contributed by atoms with E-state index < -0.39 is 51.1 Å². The minimum atomic E-state index is -4.77. The van der Waals surface area contributed by atoms with E-state index in [0.717, 1.165) is 41.5 Å². The molecule has 0 saturated heterocycles. The molecular formula is C20H17F6NO4S. The van der Waals surface area contributed by atoms with Crippen molar-refractivity contribution in [2.45, 2.75) is 36.7 Å². The number of halogens is 6. The maximum atomic E-state index is 13.2. The maximum absolute atomic E-state index is 13.2. The fourth-order valence-corrected chi connectivity index (χ4v) is 3.83. The number of benzene rings is 2. The molecule has 0 unspecified atom stereocenters. The Morgan fingerprint density at radius 2 is 1.72 bits per heavy atom. The molecule has 1 aliphatic rings. The van der Waals surface area contributed by atoms with Gasteiger partial charge in [0.05, 0.1) is 16.0 Å². The topological polar surface area (TPSA) is 63.7 Å². The van der Waals surface area contributed by atoms with Crippen molar-refractivity contribution in [2.24, 2.45) is 0 Å². The molecule has 0 saturated carbocycles. The molecule has 2 aromatic rings. The van der Waals surface area contributed by atoms with Crippen LogP contribution in [-0.2, 0) is 22.4 Å². The molecular weight excluding hydrogens is 464 g/mol. The summed E-state index contributed by atoms with van der Waals surface area (Å²) in [7, 11) is -3.84. The third-order valence-corrected chi connectivity index (χ3v) is 6.04. The van der Waals surface area contributed by atoms with Gasteiger partial charge in [0.2, 0.25) is 0 Å². The third kappa shape index (κ3) is 4.84. The number of hydrogen-bond donors (Lipinski definition) is 0. The lowest BCUT2D eigenvalue weighted by atomic mass is 10.1. The number of fused-ring (bicyclic) bond motifs is 1. The standard InChI is InChI=1S/C20H17F6NO4S/c1-11(19(21,22)23)31-17-6-5-14(32(2,29)30)10-15(17)18(28)27-8-7-12-3-4-13(9-16(12)27)20(24,25)26/h3-6,9-11H,7-8H2,1-2H3/t11-/m0/s1. The van der Waals surface area contributed by atoms with Crippen LogP contribution in [0.15, 0.2) is 41.3 Å². The van der Waals surface area contributed by atoms with Crippen molar-refractivity contribution < 1.29 is 44.3 Å². The first-order valence-corrected chi connectivity index (χ1v) is 11.1. The molecule has 12 heteroatoms. The largest absolute Gasteiger partial charge is 0.480 e. The zero-order valence-electron chi connectivity index (χ0n) is 16.7. The molecule has 5 nitrogen and oxygen atoms in total. The number of carbonyl (C=O) groups excluding carboxylic acids is 1. The summed E-state index contributed by atoms with van der Waals surface area (Å²) in [6, 6.07) is 5.65. The summed E-state index contributed by atoms with van der Waals surface area (Å²) < 4.78 is 107. The van der Waals surface area contributed by atoms with Crippen LogP contribution in [0.5, 0.6) is 5.75 Å². The number of rotatable bonds is 4. The summed E-state index contributed by atoms with van der Waals surface area (Å²) in [4.78, 5) is 13.8.